The maximum Gasteiger partial charge on any atom is 0.313 e. The molecule has 5 heterocycles. The lowest BCUT2D eigenvalue weighted by Crippen LogP contribution is -2.52. The molecule has 0 atom stereocenters. The highest BCUT2D eigenvalue weighted by Crippen LogP contribution is 2.48. The number of ether oxygens (including phenoxy) is 2. The Bertz CT molecular complexity index is 4510. The van der Waals surface area contributed by atoms with Crippen molar-refractivity contribution in [3.63, 3.8) is 0 Å². The van der Waals surface area contributed by atoms with Crippen LogP contribution in [0.1, 0.15) is 142 Å². The van der Waals surface area contributed by atoms with E-state index in [1.807, 2.05) is 67.5 Å². The number of para-hydroxylation sites is 2. The van der Waals surface area contributed by atoms with Crippen LogP contribution in [-0.2, 0) is 51.2 Å². The number of rotatable bonds is 16. The third-order valence-corrected chi connectivity index (χ3v) is 24.2. The monoisotopic (exact) mass is 1590 g/mol. The molecule has 3 aliphatic heterocycles. The van der Waals surface area contributed by atoms with Crippen LogP contribution in [0, 0.1) is 0 Å². The van der Waals surface area contributed by atoms with Gasteiger partial charge in [-0.05, 0) is 155 Å². The van der Waals surface area contributed by atoms with Crippen LogP contribution < -0.4 is 4.90 Å². The van der Waals surface area contributed by atoms with Gasteiger partial charge in [0.25, 0.3) is 0 Å². The van der Waals surface area contributed by atoms with Gasteiger partial charge < -0.3 is 32.3 Å². The van der Waals surface area contributed by atoms with E-state index in [1.165, 1.54) is 125 Å². The number of pyridine rings is 2. The molecule has 0 unspecified atom stereocenters. The van der Waals surface area contributed by atoms with Crippen LogP contribution >= 0.6 is 23.4 Å². The van der Waals surface area contributed by atoms with Crippen LogP contribution in [0.3, 0.4) is 0 Å². The number of fused-ring (bicyclic) bond motifs is 6. The SMILES string of the molecule is C.C.C.CC(OCC[N+](C)(C)C)(c1ccccc1)c1ccccc1.CC(OCC[N+](C)(C)C)(c1ccccc1)c1ccccc1.CCC(=O)[N+]1(C)CCC(=C2c3ccc(Cl)cc3CCc3cccnc32)CC1.C[N+](C)(C)CCN1c2ccccc2Sc2ccccc21.C[N+]1(C)CCC(=C2c3ccccc3CCc3cccnc32)CC1. The molecule has 610 valence electrons. The molecule has 115 heavy (non-hydrogen) atoms. The van der Waals surface area contributed by atoms with E-state index in [4.69, 9.17) is 31.0 Å². The summed E-state index contributed by atoms with van der Waals surface area (Å²) in [7, 11) is 26.6. The Balaban J connectivity index is 0.000000179. The molecule has 0 spiro atoms. The third-order valence-electron chi connectivity index (χ3n) is 22.8. The van der Waals surface area contributed by atoms with Crippen molar-refractivity contribution in [2.24, 2.45) is 0 Å². The first-order valence-electron chi connectivity index (χ1n) is 40.5. The number of aryl methyl sites for hydroxylation is 4. The fourth-order valence-corrected chi connectivity index (χ4v) is 16.9. The van der Waals surface area contributed by atoms with Gasteiger partial charge in [-0.3, -0.25) is 14.5 Å². The minimum absolute atomic E-state index is 0. The molecule has 2 saturated heterocycles. The van der Waals surface area contributed by atoms with Crippen molar-refractivity contribution in [2.75, 3.05) is 155 Å². The molecule has 2 fully saturated rings. The van der Waals surface area contributed by atoms with Gasteiger partial charge in [-0.2, -0.15) is 0 Å². The Morgan fingerprint density at radius 3 is 1.21 bits per heavy atom. The van der Waals surface area contributed by atoms with E-state index in [9.17, 15) is 4.79 Å². The van der Waals surface area contributed by atoms with E-state index >= 15 is 0 Å². The van der Waals surface area contributed by atoms with Gasteiger partial charge in [-0.1, -0.05) is 241 Å². The minimum atomic E-state index is -0.405. The Hall–Kier alpha value is -8.63. The van der Waals surface area contributed by atoms with E-state index in [0.29, 0.717) is 16.8 Å². The number of piperidine rings is 2. The molecule has 10 aromatic rings. The van der Waals surface area contributed by atoms with Crippen molar-refractivity contribution < 1.29 is 36.7 Å². The topological polar surface area (TPSA) is 64.6 Å². The van der Waals surface area contributed by atoms with E-state index in [1.54, 1.807) is 5.57 Å². The summed E-state index contributed by atoms with van der Waals surface area (Å²) in [4.78, 5) is 27.2. The summed E-state index contributed by atoms with van der Waals surface area (Å²) in [6.07, 6.45) is 12.9. The van der Waals surface area contributed by atoms with E-state index < -0.39 is 11.2 Å². The number of nitrogens with zero attached hydrogens (tertiary/aromatic N) is 8. The number of benzene rings is 8. The molecular weight excluding hydrogens is 1450 g/mol. The number of anilines is 2. The number of amides is 1. The molecule has 5 aliphatic rings. The van der Waals surface area contributed by atoms with Crippen LogP contribution in [0.5, 0.6) is 0 Å². The number of carbonyl (C=O) groups is 1. The second-order valence-electron chi connectivity index (χ2n) is 34.9. The summed E-state index contributed by atoms with van der Waals surface area (Å²) in [6, 6.07) is 83.0. The predicted molar refractivity (Wildman–Crippen MR) is 488 cm³/mol. The third kappa shape index (κ3) is 24.3. The number of hydrogen-bond donors (Lipinski definition) is 0. The van der Waals surface area contributed by atoms with E-state index in [0.717, 1.165) is 120 Å². The van der Waals surface area contributed by atoms with Crippen molar-refractivity contribution in [3.8, 4) is 0 Å². The van der Waals surface area contributed by atoms with Gasteiger partial charge in [0.05, 0.1) is 166 Å². The van der Waals surface area contributed by atoms with Gasteiger partial charge >= 0.3 is 5.91 Å². The van der Waals surface area contributed by atoms with Crippen LogP contribution in [0.25, 0.3) is 11.1 Å². The lowest BCUT2D eigenvalue weighted by molar-refractivity contribution is -0.892. The number of likely N-dealkylation sites (tertiary alicyclic amines) is 2. The highest BCUT2D eigenvalue weighted by atomic mass is 35.5. The first-order chi connectivity index (χ1) is 53.5. The molecule has 15 rings (SSSR count). The Morgan fingerprint density at radius 1 is 0.435 bits per heavy atom. The molecule has 1 amide bonds. The molecule has 8 aromatic carbocycles. The van der Waals surface area contributed by atoms with Crippen molar-refractivity contribution in [1.82, 2.24) is 9.97 Å². The molecular formula is C102H136ClN8O3S+5. The largest absolute Gasteiger partial charge is 0.360 e. The fraction of sp³-hybridized carbons (Fsp3) is 0.382. The van der Waals surface area contributed by atoms with Crippen LogP contribution in [-0.4, -0.2) is 188 Å². The molecule has 0 bridgehead atoms. The molecule has 0 N–H and O–H groups in total. The first kappa shape index (κ1) is 91.9. The van der Waals surface area contributed by atoms with Crippen LogP contribution in [0.2, 0.25) is 5.02 Å². The summed E-state index contributed by atoms with van der Waals surface area (Å²) >= 11 is 8.16. The molecule has 11 nitrogen and oxygen atoms in total. The van der Waals surface area contributed by atoms with Crippen LogP contribution in [0.4, 0.5) is 11.4 Å². The van der Waals surface area contributed by atoms with E-state index in [2.05, 4.69) is 304 Å². The number of likely N-dealkylation sites (N-methyl/N-ethyl adjacent to an activating group) is 3. The summed E-state index contributed by atoms with van der Waals surface area (Å²) in [6.45, 7) is 16.1. The zero-order valence-corrected chi connectivity index (χ0v) is 71.3. The molecule has 2 aromatic heterocycles. The maximum atomic E-state index is 12.4. The molecule has 0 saturated carbocycles. The van der Waals surface area contributed by atoms with Gasteiger partial charge in [0.15, 0.2) is 0 Å². The lowest BCUT2D eigenvalue weighted by Gasteiger charge is -2.36. The second-order valence-corrected chi connectivity index (χ2v) is 36.4. The molecule has 13 heteroatoms. The quantitative estimate of drug-likeness (QED) is 0.0893. The Morgan fingerprint density at radius 2 is 0.791 bits per heavy atom. The molecule has 0 radical (unpaired) electrons. The Labute approximate surface area is 702 Å². The van der Waals surface area contributed by atoms with Crippen molar-refractivity contribution in [2.45, 2.75) is 122 Å². The summed E-state index contributed by atoms with van der Waals surface area (Å²) < 4.78 is 17.2. The summed E-state index contributed by atoms with van der Waals surface area (Å²) in [5.41, 5.74) is 22.9. The Kier molecular flexibility index (Phi) is 32.7. The van der Waals surface area contributed by atoms with Crippen molar-refractivity contribution >= 4 is 51.8 Å². The van der Waals surface area contributed by atoms with Crippen LogP contribution in [0.15, 0.2) is 270 Å². The number of aromatic nitrogens is 2. The number of quaternary nitrogens is 5. The summed E-state index contributed by atoms with van der Waals surface area (Å²) in [5.74, 6) is 0.339. The van der Waals surface area contributed by atoms with Crippen molar-refractivity contribution in [3.05, 3.63) is 332 Å². The smallest absolute Gasteiger partial charge is 0.313 e. The van der Waals surface area contributed by atoms with Gasteiger partial charge in [-0.25, -0.2) is 4.79 Å². The first-order valence-corrected chi connectivity index (χ1v) is 41.7. The van der Waals surface area contributed by atoms with Gasteiger partial charge in [0, 0.05) is 64.0 Å². The lowest BCUT2D eigenvalue weighted by atomic mass is 9.88. The van der Waals surface area contributed by atoms with E-state index in [-0.39, 0.29) is 22.3 Å². The standard InChI is InChI=1S/C23H26ClN2O.C21H25N2.2C19H26NO.C17H21N2S.3CH4/c1-3-21(27)26(2)13-10-16(11-14-26)22-20-9-8-19(24)15-18(20)7-6-17-5-4-12-25-23(17)22;1-23(2)14-11-17(12-15-23)20-19-8-4-3-6-16(19)9-10-18-7-5-13-22-21(18)20;2*1-19(17-11-7-5-8-12-17,18-13-9-6-10-14-18)21-16-15-20(2,3)4;1-19(2,3)13-12-18-14-8-4-6-10-16(14)20-17-11-7-5-9-15(17)18;;;/h4-5,8-9,12,15H,3,6-7,10-11,13-14H2,1-2H3;3-8,13H,9-12,14-15H2,1-2H3;2*5-14H,15-16H2,1-4H3;4-11H,12-13H2,1-3H3;3*1H4/q5*+1;;;. The zero-order chi connectivity index (χ0) is 79.7. The minimum Gasteiger partial charge on any atom is -0.360 e. The van der Waals surface area contributed by atoms with Gasteiger partial charge in [0.2, 0.25) is 0 Å². The second kappa shape index (κ2) is 41.0. The number of halogens is 1. The van der Waals surface area contributed by atoms with Crippen molar-refractivity contribution in [1.29, 1.82) is 0 Å². The van der Waals surface area contributed by atoms with Gasteiger partial charge in [0.1, 0.15) is 24.3 Å². The fourth-order valence-electron chi connectivity index (χ4n) is 15.6. The highest BCUT2D eigenvalue weighted by molar-refractivity contribution is 7.99. The average Bonchev–Trinajstić information content (AvgIpc) is 1.64. The highest BCUT2D eigenvalue weighted by Gasteiger charge is 2.37. The average molecular weight is 1590 g/mol. The van der Waals surface area contributed by atoms with Gasteiger partial charge in [-0.15, -0.1) is 0 Å². The summed E-state index contributed by atoms with van der Waals surface area (Å²) in [5, 5.41) is 0.790. The zero-order valence-electron chi connectivity index (χ0n) is 69.7. The predicted octanol–water partition coefficient (Wildman–Crippen LogP) is 21.9. The normalized spacial score (nSPS) is 16.1. The number of carbonyl (C=O) groups excluding carboxylic acids is 1. The maximum absolute atomic E-state index is 12.4. The molecule has 2 aliphatic carbocycles. The number of hydrogen-bond acceptors (Lipinski definition) is 7.